The first kappa shape index (κ1) is 966. The van der Waals surface area contributed by atoms with Crippen molar-refractivity contribution >= 4 is 0 Å². The van der Waals surface area contributed by atoms with Crippen molar-refractivity contribution < 1.29 is 2200 Å². The summed E-state index contributed by atoms with van der Waals surface area (Å²) in [5.41, 5.74) is 0. The largest absolute Gasteiger partial charge is 0 e. The molecule has 0 aromatic carbocycles. The minimum Gasteiger partial charge on any atom is 0 e. The molecule has 0 unspecified atom stereocenters. The molecule has 0 bridgehead atoms. The van der Waals surface area contributed by atoms with Crippen LogP contribution in [0.4, 0.5) is 0 Å². The van der Waals surface area contributed by atoms with Gasteiger partial charge in [0.05, 0.1) is 0 Å². The van der Waals surface area contributed by atoms with Crippen molar-refractivity contribution in [2.45, 2.75) is 0 Å². The SMILES string of the molecule is [Ag].[Ag].[Ag].[Ag].[Ag].[Ag].[Ag].[Ag].[Ag].[Ag].[Ag].[Ag].[Ag].[Ag].[Ag].[Ag].[Ag].[Ag].[Ag].[Ag].[Ag].[Ag].[Ag].[Ag].[Ag].[Ag].[Ag].[Ag].[Ag].[Ag].[Ag].[Ag].[Ag].[Ag].[Ag].[Ag].[Ag].[Ag].[Ag].[Ag].[Ag].[Ag].[Ag].[Ag].[Ag].[Ag].[Ag].[Ag].[Ag].[Ag].[Ag].[Ag].[Ag].[Ag].[Ag].[Ag].[Ag].[Ag].[Ag].[Ag].[Ag].[Ag].[Ag].[Ag].[Ag].[Ag].[Ag].[Ag].[Ag].[Ag].[Ag].[Ag].[Ag].[Ag].[Ag].[Ag].[Ag].[Ag].[Ag].[Ag].[Pd].[Pd].[Pd].[Pd].[Pd].[Pd].[Pd].[Pd].[Pd].[Pd].[Pd].[Pd].[Pd].[Pd].[Pd].[Pd].[Pd].[Pd].[Pd].[Pd]. The first-order chi connectivity index (χ1) is 0. The summed E-state index contributed by atoms with van der Waals surface area (Å²) < 4.78 is 0. The summed E-state index contributed by atoms with van der Waals surface area (Å²) in [5, 5.41) is 0. The van der Waals surface area contributed by atoms with Gasteiger partial charge in [-0.2, -0.15) is 0 Å². The van der Waals surface area contributed by atoms with Gasteiger partial charge in [0.25, 0.3) is 0 Å². The van der Waals surface area contributed by atoms with Gasteiger partial charge in [-0.15, -0.1) is 0 Å². The molecule has 0 aromatic heterocycles. The van der Waals surface area contributed by atoms with Crippen molar-refractivity contribution in [1.29, 1.82) is 0 Å². The van der Waals surface area contributed by atoms with Crippen LogP contribution in [0, 0.1) is 0 Å². The van der Waals surface area contributed by atoms with Crippen molar-refractivity contribution in [1.82, 2.24) is 0 Å². The van der Waals surface area contributed by atoms with Gasteiger partial charge in [0.1, 0.15) is 0 Å². The summed E-state index contributed by atoms with van der Waals surface area (Å²) in [4.78, 5) is 0. The molecule has 0 saturated heterocycles. The van der Waals surface area contributed by atoms with E-state index in [4.69, 9.17) is 0 Å². The van der Waals surface area contributed by atoms with Crippen LogP contribution in [0.1, 0.15) is 0 Å². The molecule has 0 fully saturated rings. The van der Waals surface area contributed by atoms with Crippen LogP contribution in [-0.4, -0.2) is 0 Å². The molecular weight excluding hydrogens is 10800 g/mol. The summed E-state index contributed by atoms with van der Waals surface area (Å²) in [6.45, 7) is 0. The Kier molecular flexibility index (Phi) is 9160. The molecule has 0 aromatic rings. The predicted molar refractivity (Wildman–Crippen MR) is 0 cm³/mol. The van der Waals surface area contributed by atoms with Gasteiger partial charge in [0, 0.05) is 2200 Å². The summed E-state index contributed by atoms with van der Waals surface area (Å²) in [6, 6.07) is 0. The van der Waals surface area contributed by atoms with Gasteiger partial charge in [0.15, 0.2) is 0 Å². The third kappa shape index (κ3) is 932. The summed E-state index contributed by atoms with van der Waals surface area (Å²) in [7, 11) is 0. The van der Waals surface area contributed by atoms with Crippen LogP contribution in [-0.2, 0) is 2200 Å². The van der Waals surface area contributed by atoms with Crippen LogP contribution < -0.4 is 0 Å². The van der Waals surface area contributed by atoms with Crippen molar-refractivity contribution in [2.24, 2.45) is 0 Å². The molecule has 0 N–H and O–H groups in total. The Morgan fingerprint density at radius 2 is 0.0200 bits per heavy atom. The monoisotopic (exact) mass is 10700 g/mol. The van der Waals surface area contributed by atoms with Gasteiger partial charge in [-0.05, 0) is 0 Å². The van der Waals surface area contributed by atoms with E-state index in [-0.39, 0.29) is 2200 Å². The van der Waals surface area contributed by atoms with Gasteiger partial charge >= 0.3 is 0 Å². The molecule has 0 aliphatic heterocycles. The van der Waals surface area contributed by atoms with E-state index in [1.807, 2.05) is 0 Å². The van der Waals surface area contributed by atoms with Crippen LogP contribution in [0.2, 0.25) is 0 Å². The number of rotatable bonds is 0. The first-order valence-corrected chi connectivity index (χ1v) is 0. The molecule has 80 radical (unpaired) electrons. The number of hydrogen-bond acceptors (Lipinski definition) is 0. The topological polar surface area (TPSA) is 0 Å². The van der Waals surface area contributed by atoms with Crippen molar-refractivity contribution in [3.8, 4) is 0 Å². The maximum Gasteiger partial charge on any atom is 0 e. The van der Waals surface area contributed by atoms with Crippen molar-refractivity contribution in [2.75, 3.05) is 0 Å². The zero-order valence-electron chi connectivity index (χ0n) is 30.4. The van der Waals surface area contributed by atoms with E-state index in [1.165, 1.54) is 0 Å². The van der Waals surface area contributed by atoms with Crippen LogP contribution in [0.5, 0.6) is 0 Å². The molecule has 1080 valence electrons. The Morgan fingerprint density at radius 3 is 0.0200 bits per heavy atom. The Balaban J connectivity index is 0. The van der Waals surface area contributed by atoms with E-state index in [2.05, 4.69) is 0 Å². The van der Waals surface area contributed by atoms with Gasteiger partial charge < -0.3 is 0 Å². The van der Waals surface area contributed by atoms with E-state index in [0.717, 1.165) is 0 Å². The summed E-state index contributed by atoms with van der Waals surface area (Å²) >= 11 is 0. The van der Waals surface area contributed by atoms with Gasteiger partial charge in [-0.3, -0.25) is 0 Å². The Bertz CT molecular complexity index is 72.2. The van der Waals surface area contributed by atoms with Gasteiger partial charge in [-0.1, -0.05) is 0 Å². The molecule has 0 amide bonds. The molecule has 100 heavy (non-hydrogen) atoms. The third-order valence-corrected chi connectivity index (χ3v) is 0. The second-order valence-electron chi connectivity index (χ2n) is 0. The molecule has 0 rings (SSSR count). The van der Waals surface area contributed by atoms with Crippen LogP contribution >= 0.6 is 0 Å². The zero-order chi connectivity index (χ0) is 0. The van der Waals surface area contributed by atoms with Gasteiger partial charge in [-0.25, -0.2) is 0 Å². The Labute approximate surface area is 2130 Å². The van der Waals surface area contributed by atoms with Crippen LogP contribution in [0.15, 0.2) is 0 Å². The summed E-state index contributed by atoms with van der Waals surface area (Å²) in [6.07, 6.45) is 0. The minimum atomic E-state index is 0. The fourth-order valence-electron chi connectivity index (χ4n) is 0. The molecule has 0 saturated carbocycles. The normalized spacial score (nSPS) is 0. The molecule has 0 aliphatic rings. The van der Waals surface area contributed by atoms with Crippen LogP contribution in [0.25, 0.3) is 0 Å². The predicted octanol–water partition coefficient (Wildman–Crippen LogP) is -0.250. The fourth-order valence-corrected chi connectivity index (χ4v) is 0. The quantitative estimate of drug-likeness (QED) is 0.295. The molecular formula is Ag80Pd20. The van der Waals surface area contributed by atoms with Gasteiger partial charge in [0.2, 0.25) is 0 Å². The standard InChI is InChI=1S/80Ag.20Pd. The fraction of sp³-hybridized carbons (Fsp3) is 0. The molecule has 0 heterocycles. The van der Waals surface area contributed by atoms with Crippen molar-refractivity contribution in [3.63, 3.8) is 0 Å². The average molecular weight is 10800 g/mol. The van der Waals surface area contributed by atoms with Crippen LogP contribution in [0.3, 0.4) is 0 Å². The van der Waals surface area contributed by atoms with E-state index in [1.54, 1.807) is 0 Å². The maximum absolute atomic E-state index is 0. The number of hydrogen-bond donors (Lipinski definition) is 0. The smallest absolute Gasteiger partial charge is 0 e. The molecule has 0 aliphatic carbocycles. The van der Waals surface area contributed by atoms with E-state index in [0.29, 0.717) is 0 Å². The zero-order valence-corrected chi connectivity index (χ0v) is 180. The van der Waals surface area contributed by atoms with Crippen molar-refractivity contribution in [3.05, 3.63) is 0 Å². The third-order valence-electron chi connectivity index (χ3n) is 0. The first-order valence-electron chi connectivity index (χ1n) is 0. The Morgan fingerprint density at radius 1 is 0.0200 bits per heavy atom. The van der Waals surface area contributed by atoms with E-state index >= 15 is 0 Å². The summed E-state index contributed by atoms with van der Waals surface area (Å²) in [5.74, 6) is 0. The van der Waals surface area contributed by atoms with E-state index in [9.17, 15) is 0 Å². The second kappa shape index (κ2) is 949. The Hall–Kier alpha value is 72.5. The molecule has 0 nitrogen and oxygen atoms in total. The van der Waals surface area contributed by atoms with E-state index < -0.39 is 0 Å². The average Bonchev–Trinajstić information content (AvgIpc) is 0. The maximum atomic E-state index is 0. The molecule has 100 heteroatoms. The minimum absolute atomic E-state index is 0. The molecule has 0 atom stereocenters. The molecule has 0 spiro atoms. The second-order valence-corrected chi connectivity index (χ2v) is 0.